The Morgan fingerprint density at radius 2 is 1.68 bits per heavy atom. The number of fused-ring (bicyclic) bond motifs is 1. The van der Waals surface area contributed by atoms with Gasteiger partial charge in [0.25, 0.3) is 10.0 Å². The van der Waals surface area contributed by atoms with Crippen LogP contribution in [0.2, 0.25) is 5.02 Å². The van der Waals surface area contributed by atoms with Crippen molar-refractivity contribution in [1.29, 1.82) is 0 Å². The molecule has 0 atom stereocenters. The molecule has 192 valence electrons. The minimum Gasteiger partial charge on any atom is -0.505 e. The summed E-state index contributed by atoms with van der Waals surface area (Å²) in [6, 6.07) is 11.5. The van der Waals surface area contributed by atoms with Crippen LogP contribution in [0.1, 0.15) is 21.5 Å². The zero-order valence-electron chi connectivity index (χ0n) is 18.4. The van der Waals surface area contributed by atoms with Gasteiger partial charge in [-0.3, -0.25) is 9.59 Å². The van der Waals surface area contributed by atoms with Crippen molar-refractivity contribution in [2.45, 2.75) is 11.1 Å². The average molecular weight is 555 g/mol. The number of rotatable bonds is 4. The van der Waals surface area contributed by atoms with Gasteiger partial charge in [-0.25, -0.2) is 17.1 Å². The first kappa shape index (κ1) is 26.2. The molecular formula is C24H15ClF4N2O5S. The molecule has 4 rings (SSSR count). The summed E-state index contributed by atoms with van der Waals surface area (Å²) in [6.45, 7) is -1.02. The van der Waals surface area contributed by atoms with Crippen LogP contribution in [0.25, 0.3) is 5.76 Å². The van der Waals surface area contributed by atoms with Crippen LogP contribution in [0.3, 0.4) is 0 Å². The predicted octanol–water partition coefficient (Wildman–Crippen LogP) is 5.25. The number of Topliss-reactive ketones (excluding diaryl/α,β-unsaturated/α-hetero) is 1. The summed E-state index contributed by atoms with van der Waals surface area (Å²) in [5.74, 6) is -3.67. The number of aliphatic hydroxyl groups excluding tert-OH is 1. The van der Waals surface area contributed by atoms with Crippen molar-refractivity contribution in [3.8, 4) is 0 Å². The zero-order chi connectivity index (χ0) is 27.1. The number of nitrogens with zero attached hydrogens (tertiary/aromatic N) is 1. The highest BCUT2D eigenvalue weighted by Gasteiger charge is 2.42. The van der Waals surface area contributed by atoms with Gasteiger partial charge in [0, 0.05) is 16.8 Å². The van der Waals surface area contributed by atoms with Crippen LogP contribution in [0.4, 0.5) is 23.2 Å². The summed E-state index contributed by atoms with van der Waals surface area (Å²) in [7, 11) is -4.57. The van der Waals surface area contributed by atoms with Gasteiger partial charge in [0.2, 0.25) is 11.7 Å². The first-order chi connectivity index (χ1) is 17.3. The van der Waals surface area contributed by atoms with Crippen molar-refractivity contribution in [3.63, 3.8) is 0 Å². The number of aliphatic hydroxyl groups is 1. The predicted molar refractivity (Wildman–Crippen MR) is 126 cm³/mol. The monoisotopic (exact) mass is 554 g/mol. The van der Waals surface area contributed by atoms with Crippen LogP contribution >= 0.6 is 11.6 Å². The van der Waals surface area contributed by atoms with E-state index in [4.69, 9.17) is 11.6 Å². The molecule has 0 saturated heterocycles. The molecule has 13 heteroatoms. The lowest BCUT2D eigenvalue weighted by Gasteiger charge is -2.31. The highest BCUT2D eigenvalue weighted by Crippen LogP contribution is 2.36. The molecule has 0 radical (unpaired) electrons. The Labute approximate surface area is 212 Å². The molecule has 0 spiro atoms. The molecule has 1 aliphatic heterocycles. The number of allylic oxidation sites excluding steroid dienone is 1. The molecule has 1 heterocycles. The molecule has 0 saturated carbocycles. The van der Waals surface area contributed by atoms with Crippen molar-refractivity contribution < 1.29 is 40.7 Å². The maximum Gasteiger partial charge on any atom is 0.416 e. The Morgan fingerprint density at radius 1 is 1.03 bits per heavy atom. The lowest BCUT2D eigenvalue weighted by Crippen LogP contribution is -2.43. The first-order valence-corrected chi connectivity index (χ1v) is 12.1. The number of hydrogen-bond donors (Lipinski definition) is 2. The number of alkyl halides is 3. The van der Waals surface area contributed by atoms with Gasteiger partial charge in [-0.05, 0) is 54.6 Å². The van der Waals surface area contributed by atoms with Crippen molar-refractivity contribution in [2.75, 3.05) is 11.9 Å². The SMILES string of the molecule is O=C(CN1C(=C(O)c2ccc(F)c(Cl)c2)C(=O)c2ccccc2S1(=O)=O)Nc1ccc(C(F)(F)F)cc1. The van der Waals surface area contributed by atoms with E-state index in [1.165, 1.54) is 18.2 Å². The number of carbonyl (C=O) groups is 2. The molecule has 2 N–H and O–H groups in total. The van der Waals surface area contributed by atoms with Crippen molar-refractivity contribution in [2.24, 2.45) is 0 Å². The molecule has 0 aliphatic carbocycles. The van der Waals surface area contributed by atoms with Crippen LogP contribution < -0.4 is 5.32 Å². The quantitative estimate of drug-likeness (QED) is 0.260. The van der Waals surface area contributed by atoms with Crippen LogP contribution in [0.15, 0.2) is 77.3 Å². The van der Waals surface area contributed by atoms with Gasteiger partial charge in [0.15, 0.2) is 5.76 Å². The average Bonchev–Trinajstić information content (AvgIpc) is 2.84. The Morgan fingerprint density at radius 3 is 2.30 bits per heavy atom. The van der Waals surface area contributed by atoms with Crippen LogP contribution in [0, 0.1) is 5.82 Å². The van der Waals surface area contributed by atoms with Gasteiger partial charge in [-0.1, -0.05) is 23.7 Å². The molecule has 0 aromatic heterocycles. The van der Waals surface area contributed by atoms with E-state index in [-0.39, 0.29) is 16.8 Å². The van der Waals surface area contributed by atoms with E-state index < -0.39 is 67.2 Å². The van der Waals surface area contributed by atoms with Crippen LogP contribution in [0.5, 0.6) is 0 Å². The molecule has 3 aromatic rings. The number of nitrogens with one attached hydrogen (secondary N) is 1. The molecule has 7 nitrogen and oxygen atoms in total. The highest BCUT2D eigenvalue weighted by atomic mass is 35.5. The maximum atomic E-state index is 13.6. The van der Waals surface area contributed by atoms with E-state index in [0.717, 1.165) is 48.5 Å². The number of benzene rings is 3. The number of ketones is 1. The summed E-state index contributed by atoms with van der Waals surface area (Å²) in [4.78, 5) is 25.6. The largest absolute Gasteiger partial charge is 0.505 e. The normalized spacial score (nSPS) is 16.2. The minimum absolute atomic E-state index is 0.0702. The number of hydrogen-bond acceptors (Lipinski definition) is 5. The molecular weight excluding hydrogens is 540 g/mol. The van der Waals surface area contributed by atoms with E-state index in [1.807, 2.05) is 0 Å². The number of anilines is 1. The summed E-state index contributed by atoms with van der Waals surface area (Å²) in [6.07, 6.45) is -4.60. The van der Waals surface area contributed by atoms with Gasteiger partial charge < -0.3 is 10.4 Å². The Balaban J connectivity index is 1.76. The number of amides is 1. The fourth-order valence-electron chi connectivity index (χ4n) is 3.60. The third-order valence-electron chi connectivity index (χ3n) is 5.36. The lowest BCUT2D eigenvalue weighted by atomic mass is 10.0. The lowest BCUT2D eigenvalue weighted by molar-refractivity contribution is -0.137. The van der Waals surface area contributed by atoms with Crippen molar-refractivity contribution in [3.05, 3.63) is 100.0 Å². The van der Waals surface area contributed by atoms with E-state index >= 15 is 0 Å². The van der Waals surface area contributed by atoms with Crippen molar-refractivity contribution >= 4 is 44.8 Å². The second-order valence-electron chi connectivity index (χ2n) is 7.79. The maximum absolute atomic E-state index is 13.6. The Hall–Kier alpha value is -3.90. The van der Waals surface area contributed by atoms with Crippen molar-refractivity contribution in [1.82, 2.24) is 4.31 Å². The summed E-state index contributed by atoms with van der Waals surface area (Å²) in [5.41, 5.74) is -2.28. The topological polar surface area (TPSA) is 104 Å². The van der Waals surface area contributed by atoms with E-state index in [9.17, 15) is 40.7 Å². The van der Waals surface area contributed by atoms with Gasteiger partial charge in [0.05, 0.1) is 15.5 Å². The second-order valence-corrected chi connectivity index (χ2v) is 10.0. The van der Waals surface area contributed by atoms with Gasteiger partial charge >= 0.3 is 6.18 Å². The zero-order valence-corrected chi connectivity index (χ0v) is 20.0. The minimum atomic E-state index is -4.60. The third-order valence-corrected chi connectivity index (χ3v) is 7.46. The summed E-state index contributed by atoms with van der Waals surface area (Å²) < 4.78 is 79.2. The van der Waals surface area contributed by atoms with E-state index in [0.29, 0.717) is 4.31 Å². The van der Waals surface area contributed by atoms with Crippen LogP contribution in [-0.4, -0.2) is 36.1 Å². The van der Waals surface area contributed by atoms with E-state index in [1.54, 1.807) is 0 Å². The Kier molecular flexibility index (Phi) is 6.74. The molecule has 0 unspecified atom stereocenters. The van der Waals surface area contributed by atoms with Gasteiger partial charge in [-0.15, -0.1) is 0 Å². The molecule has 0 fully saturated rings. The fraction of sp³-hybridized carbons (Fsp3) is 0.0833. The molecule has 37 heavy (non-hydrogen) atoms. The molecule has 1 amide bonds. The summed E-state index contributed by atoms with van der Waals surface area (Å²) >= 11 is 5.76. The number of carbonyl (C=O) groups excluding carboxylic acids is 2. The molecule has 1 aliphatic rings. The standard InChI is InChI=1S/C24H15ClF4N2O5S/c25-17-11-13(5-10-18(17)26)22(33)21-23(34)16-3-1-2-4-19(16)37(35,36)31(21)12-20(32)30-15-8-6-14(7-9-15)24(27,28)29/h1-11,33H,12H2,(H,30,32). The second kappa shape index (κ2) is 9.52. The van der Waals surface area contributed by atoms with Crippen LogP contribution in [-0.2, 0) is 21.0 Å². The number of sulfonamides is 1. The number of halogens is 5. The molecule has 3 aromatic carbocycles. The molecule has 0 bridgehead atoms. The first-order valence-electron chi connectivity index (χ1n) is 10.3. The highest BCUT2D eigenvalue weighted by molar-refractivity contribution is 7.89. The van der Waals surface area contributed by atoms with Gasteiger partial charge in [0.1, 0.15) is 18.1 Å². The van der Waals surface area contributed by atoms with Gasteiger partial charge in [-0.2, -0.15) is 13.2 Å². The Bertz CT molecular complexity index is 1550. The summed E-state index contributed by atoms with van der Waals surface area (Å²) in [5, 5.41) is 12.7. The fourth-order valence-corrected chi connectivity index (χ4v) is 5.41. The van der Waals surface area contributed by atoms with E-state index in [2.05, 4.69) is 5.32 Å². The smallest absolute Gasteiger partial charge is 0.416 e. The third kappa shape index (κ3) is 5.02.